The predicted octanol–water partition coefficient (Wildman–Crippen LogP) is 6.52. The molecule has 2 nitrogen and oxygen atoms in total. The zero-order chi connectivity index (χ0) is 22.6. The van der Waals surface area contributed by atoms with E-state index in [0.29, 0.717) is 18.2 Å². The van der Waals surface area contributed by atoms with Gasteiger partial charge in [0.25, 0.3) is 9.84 Å². The number of alkyl halides is 7. The fourth-order valence-electron chi connectivity index (χ4n) is 2.12. The first kappa shape index (κ1) is 24.0. The fourth-order valence-corrected chi connectivity index (χ4v) is 5.22. The van der Waals surface area contributed by atoms with Crippen LogP contribution in [-0.4, -0.2) is 25.8 Å². The van der Waals surface area contributed by atoms with Crippen LogP contribution in [0, 0.1) is 17.7 Å². The van der Waals surface area contributed by atoms with Crippen LogP contribution in [0.3, 0.4) is 0 Å². The Morgan fingerprint density at radius 3 is 1.97 bits per heavy atom. The Labute approximate surface area is 173 Å². The number of benzene rings is 2. The lowest BCUT2D eigenvalue weighted by Crippen LogP contribution is -2.56. The second kappa shape index (κ2) is 7.45. The molecule has 0 aliphatic heterocycles. The Hall–Kier alpha value is -1.28. The average molecular weight is 579 g/mol. The SMILES string of the molecule is O=S(=O)(c1cc(Br)[c]c(Br)c1-c1cc(F)ccc1F)C(F)(F)C(F)(F)C(F)(F)F. The highest BCUT2D eigenvalue weighted by Crippen LogP contribution is 2.52. The molecule has 2 aromatic rings. The molecule has 2 rings (SSSR count). The summed E-state index contributed by atoms with van der Waals surface area (Å²) in [6.07, 6.45) is -6.93. The molecular weight excluding hydrogens is 575 g/mol. The van der Waals surface area contributed by atoms with E-state index in [4.69, 9.17) is 0 Å². The lowest BCUT2D eigenvalue weighted by atomic mass is 10.0. The molecule has 0 unspecified atom stereocenters. The van der Waals surface area contributed by atoms with Crippen LogP contribution in [0.1, 0.15) is 0 Å². The molecule has 0 amide bonds. The smallest absolute Gasteiger partial charge is 0.217 e. The minimum atomic E-state index is -6.99. The fraction of sp³-hybridized carbons (Fsp3) is 0.200. The van der Waals surface area contributed by atoms with Crippen LogP contribution in [0.2, 0.25) is 0 Å². The molecule has 0 aliphatic carbocycles. The van der Waals surface area contributed by atoms with Crippen molar-refractivity contribution in [2.75, 3.05) is 0 Å². The maximum absolute atomic E-state index is 14.1. The van der Waals surface area contributed by atoms with Gasteiger partial charge in [0.15, 0.2) is 0 Å². The first-order valence-corrected chi connectivity index (χ1v) is 9.95. The molecule has 0 N–H and O–H groups in total. The normalized spacial score (nSPS) is 13.6. The molecule has 0 spiro atoms. The first-order valence-electron chi connectivity index (χ1n) is 6.89. The molecule has 0 aliphatic rings. The van der Waals surface area contributed by atoms with Gasteiger partial charge in [-0.15, -0.1) is 0 Å². The molecule has 159 valence electrons. The van der Waals surface area contributed by atoms with Gasteiger partial charge < -0.3 is 0 Å². The highest BCUT2D eigenvalue weighted by Gasteiger charge is 2.78. The lowest BCUT2D eigenvalue weighted by molar-refractivity contribution is -0.332. The summed E-state index contributed by atoms with van der Waals surface area (Å²) in [6, 6.07) is 3.86. The standard InChI is InChI=1S/C15H4Br2F9O2S/c16-6-3-9(17)12(8-5-7(18)1-2-10(8)19)11(4-6)29(27,28)15(25,26)13(20,21)14(22,23)24/h1-2,4-5H. The van der Waals surface area contributed by atoms with Crippen LogP contribution in [0.25, 0.3) is 11.1 Å². The van der Waals surface area contributed by atoms with Crippen molar-refractivity contribution in [2.24, 2.45) is 0 Å². The average Bonchev–Trinajstić information content (AvgIpc) is 2.55. The molecule has 0 saturated heterocycles. The Kier molecular flexibility index (Phi) is 6.16. The Bertz CT molecular complexity index is 1070. The Morgan fingerprint density at radius 2 is 1.45 bits per heavy atom. The third-order valence-corrected chi connectivity index (χ3v) is 6.35. The van der Waals surface area contributed by atoms with Crippen molar-refractivity contribution < 1.29 is 47.9 Å². The van der Waals surface area contributed by atoms with Crippen LogP contribution >= 0.6 is 31.9 Å². The van der Waals surface area contributed by atoms with E-state index in [1.807, 2.05) is 0 Å². The molecule has 29 heavy (non-hydrogen) atoms. The van der Waals surface area contributed by atoms with E-state index in [9.17, 15) is 47.9 Å². The lowest BCUT2D eigenvalue weighted by Gasteiger charge is -2.28. The van der Waals surface area contributed by atoms with Crippen molar-refractivity contribution in [2.45, 2.75) is 22.2 Å². The number of sulfone groups is 1. The van der Waals surface area contributed by atoms with Gasteiger partial charge in [-0.05, 0) is 40.2 Å². The second-order valence-electron chi connectivity index (χ2n) is 5.39. The molecule has 1 radical (unpaired) electrons. The molecule has 14 heteroatoms. The van der Waals surface area contributed by atoms with Crippen molar-refractivity contribution in [1.29, 1.82) is 0 Å². The minimum absolute atomic E-state index is 0.222. The summed E-state index contributed by atoms with van der Waals surface area (Å²) in [5, 5.41) is -6.68. The van der Waals surface area contributed by atoms with Gasteiger partial charge in [0, 0.05) is 26.1 Å². The summed E-state index contributed by atoms with van der Waals surface area (Å²) in [5.74, 6) is -9.54. The number of rotatable bonds is 4. The molecule has 2 aromatic carbocycles. The van der Waals surface area contributed by atoms with E-state index in [2.05, 4.69) is 37.9 Å². The van der Waals surface area contributed by atoms with Gasteiger partial charge in [0.1, 0.15) is 11.6 Å². The highest BCUT2D eigenvalue weighted by molar-refractivity contribution is 9.11. The topological polar surface area (TPSA) is 34.1 Å². The Balaban J connectivity index is 2.93. The second-order valence-corrected chi connectivity index (χ2v) is 8.99. The van der Waals surface area contributed by atoms with Crippen molar-refractivity contribution >= 4 is 41.7 Å². The van der Waals surface area contributed by atoms with Gasteiger partial charge in [0.2, 0.25) is 0 Å². The molecule has 0 saturated carbocycles. The van der Waals surface area contributed by atoms with E-state index in [0.717, 1.165) is 0 Å². The van der Waals surface area contributed by atoms with Gasteiger partial charge in [-0.1, -0.05) is 15.9 Å². The summed E-state index contributed by atoms with van der Waals surface area (Å²) < 4.78 is 143. The summed E-state index contributed by atoms with van der Waals surface area (Å²) >= 11 is 5.28. The van der Waals surface area contributed by atoms with Gasteiger partial charge in [-0.3, -0.25) is 0 Å². The third-order valence-electron chi connectivity index (χ3n) is 3.50. The summed E-state index contributed by atoms with van der Waals surface area (Å²) in [7, 11) is -6.81. The zero-order valence-corrected chi connectivity index (χ0v) is 17.2. The summed E-state index contributed by atoms with van der Waals surface area (Å²) in [6.45, 7) is 0. The zero-order valence-electron chi connectivity index (χ0n) is 13.2. The quantitative estimate of drug-likeness (QED) is 0.387. The largest absolute Gasteiger partial charge is 0.461 e. The monoisotopic (exact) mass is 577 g/mol. The van der Waals surface area contributed by atoms with Crippen molar-refractivity contribution in [3.05, 3.63) is 50.9 Å². The third kappa shape index (κ3) is 3.90. The van der Waals surface area contributed by atoms with Crippen molar-refractivity contribution in [3.63, 3.8) is 0 Å². The van der Waals surface area contributed by atoms with Crippen LogP contribution in [0.15, 0.2) is 38.1 Å². The molecule has 0 heterocycles. The summed E-state index contributed by atoms with van der Waals surface area (Å²) in [5.41, 5.74) is -2.12. The van der Waals surface area contributed by atoms with E-state index < -0.39 is 63.8 Å². The summed E-state index contributed by atoms with van der Waals surface area (Å²) in [4.78, 5) is -1.81. The van der Waals surface area contributed by atoms with Crippen LogP contribution in [-0.2, 0) is 9.84 Å². The highest BCUT2D eigenvalue weighted by atomic mass is 79.9. The van der Waals surface area contributed by atoms with E-state index >= 15 is 0 Å². The predicted molar refractivity (Wildman–Crippen MR) is 89.2 cm³/mol. The van der Waals surface area contributed by atoms with Gasteiger partial charge in [-0.25, -0.2) is 17.2 Å². The Morgan fingerprint density at radius 1 is 0.897 bits per heavy atom. The van der Waals surface area contributed by atoms with Crippen LogP contribution < -0.4 is 0 Å². The molecule has 0 atom stereocenters. The van der Waals surface area contributed by atoms with Gasteiger partial charge >= 0.3 is 17.4 Å². The van der Waals surface area contributed by atoms with E-state index in [-0.39, 0.29) is 6.07 Å². The molecular formula is C15H4Br2F9O2S. The van der Waals surface area contributed by atoms with Crippen LogP contribution in [0.5, 0.6) is 0 Å². The maximum Gasteiger partial charge on any atom is 0.461 e. The van der Waals surface area contributed by atoms with E-state index in [1.54, 1.807) is 0 Å². The first-order chi connectivity index (χ1) is 12.9. The molecule has 0 fully saturated rings. The minimum Gasteiger partial charge on any atom is -0.217 e. The number of halogens is 11. The van der Waals surface area contributed by atoms with Crippen molar-refractivity contribution in [1.82, 2.24) is 0 Å². The van der Waals surface area contributed by atoms with Gasteiger partial charge in [-0.2, -0.15) is 30.7 Å². The van der Waals surface area contributed by atoms with Crippen LogP contribution in [0.4, 0.5) is 39.5 Å². The van der Waals surface area contributed by atoms with E-state index in [1.165, 1.54) is 0 Å². The molecule has 0 aromatic heterocycles. The van der Waals surface area contributed by atoms with Crippen molar-refractivity contribution in [3.8, 4) is 11.1 Å². The maximum atomic E-state index is 14.1. The van der Waals surface area contributed by atoms with Gasteiger partial charge in [0.05, 0.1) is 4.90 Å². The number of hydrogen-bond acceptors (Lipinski definition) is 2. The molecule has 0 bridgehead atoms. The number of hydrogen-bond donors (Lipinski definition) is 0.